The second kappa shape index (κ2) is 9.83. The molecular formula is C26H24N2O4S. The summed E-state index contributed by atoms with van der Waals surface area (Å²) in [6.45, 7) is 3.76. The highest BCUT2D eigenvalue weighted by molar-refractivity contribution is 7.07. The number of allylic oxidation sites excluding steroid dienone is 2. The summed E-state index contributed by atoms with van der Waals surface area (Å²) in [4.78, 5) is 31.4. The van der Waals surface area contributed by atoms with Gasteiger partial charge in [-0.2, -0.15) is 0 Å². The van der Waals surface area contributed by atoms with Crippen molar-refractivity contribution >= 4 is 29.5 Å². The van der Waals surface area contributed by atoms with E-state index in [1.165, 1.54) is 11.3 Å². The zero-order valence-electron chi connectivity index (χ0n) is 18.6. The van der Waals surface area contributed by atoms with Crippen LogP contribution in [0.5, 0.6) is 5.75 Å². The number of esters is 1. The molecule has 33 heavy (non-hydrogen) atoms. The number of hydrogen-bond acceptors (Lipinski definition) is 6. The quantitative estimate of drug-likeness (QED) is 0.528. The first-order chi connectivity index (χ1) is 16.0. The van der Waals surface area contributed by atoms with E-state index in [2.05, 4.69) is 4.99 Å². The van der Waals surface area contributed by atoms with E-state index >= 15 is 0 Å². The maximum absolute atomic E-state index is 13.4. The van der Waals surface area contributed by atoms with E-state index in [1.807, 2.05) is 66.7 Å². The summed E-state index contributed by atoms with van der Waals surface area (Å²) in [5.41, 5.74) is 2.52. The van der Waals surface area contributed by atoms with Crippen LogP contribution < -0.4 is 19.6 Å². The van der Waals surface area contributed by atoms with Gasteiger partial charge in [0.05, 0.1) is 35.6 Å². The minimum absolute atomic E-state index is 0.202. The average Bonchev–Trinajstić information content (AvgIpc) is 3.13. The van der Waals surface area contributed by atoms with Crippen LogP contribution in [0.1, 0.15) is 31.0 Å². The van der Waals surface area contributed by atoms with Crippen molar-refractivity contribution in [1.29, 1.82) is 0 Å². The van der Waals surface area contributed by atoms with Crippen LogP contribution >= 0.6 is 11.3 Å². The van der Waals surface area contributed by atoms with Crippen LogP contribution in [0.3, 0.4) is 0 Å². The van der Waals surface area contributed by atoms with Gasteiger partial charge in [0.15, 0.2) is 4.80 Å². The van der Waals surface area contributed by atoms with E-state index in [0.717, 1.165) is 11.1 Å². The monoisotopic (exact) mass is 460 g/mol. The number of nitrogens with zero attached hydrogens (tertiary/aromatic N) is 2. The summed E-state index contributed by atoms with van der Waals surface area (Å²) in [7, 11) is 1.59. The Bertz CT molecular complexity index is 1400. The Morgan fingerprint density at radius 1 is 1.15 bits per heavy atom. The van der Waals surface area contributed by atoms with Crippen molar-refractivity contribution in [3.63, 3.8) is 0 Å². The van der Waals surface area contributed by atoms with Gasteiger partial charge in [-0.15, -0.1) is 0 Å². The molecule has 4 rings (SSSR count). The van der Waals surface area contributed by atoms with E-state index in [0.29, 0.717) is 26.4 Å². The van der Waals surface area contributed by atoms with Gasteiger partial charge in [0.25, 0.3) is 5.56 Å². The minimum atomic E-state index is -0.633. The van der Waals surface area contributed by atoms with Crippen molar-refractivity contribution < 1.29 is 14.3 Å². The molecule has 7 heteroatoms. The highest BCUT2D eigenvalue weighted by atomic mass is 32.1. The van der Waals surface area contributed by atoms with Gasteiger partial charge in [-0.25, -0.2) is 9.79 Å². The van der Waals surface area contributed by atoms with Gasteiger partial charge in [0.1, 0.15) is 5.75 Å². The van der Waals surface area contributed by atoms with Crippen LogP contribution in [-0.2, 0) is 9.53 Å². The Hall–Kier alpha value is -3.71. The molecule has 3 aromatic rings. The number of hydrogen-bond donors (Lipinski definition) is 0. The molecule has 0 radical (unpaired) electrons. The number of rotatable bonds is 6. The second-order valence-corrected chi connectivity index (χ2v) is 8.38. The number of aromatic nitrogens is 1. The lowest BCUT2D eigenvalue weighted by atomic mass is 9.96. The van der Waals surface area contributed by atoms with E-state index in [-0.39, 0.29) is 12.2 Å². The zero-order chi connectivity index (χ0) is 23.4. The fourth-order valence-electron chi connectivity index (χ4n) is 3.72. The second-order valence-electron chi connectivity index (χ2n) is 7.37. The number of thiazole rings is 1. The molecule has 1 aliphatic heterocycles. The molecule has 1 aliphatic rings. The molecule has 2 heterocycles. The summed E-state index contributed by atoms with van der Waals surface area (Å²) in [5.74, 6) is 0.216. The summed E-state index contributed by atoms with van der Waals surface area (Å²) >= 11 is 1.30. The number of fused-ring (bicyclic) bond motifs is 1. The van der Waals surface area contributed by atoms with Crippen LogP contribution in [0, 0.1) is 0 Å². The Morgan fingerprint density at radius 3 is 2.55 bits per heavy atom. The minimum Gasteiger partial charge on any atom is -0.497 e. The van der Waals surface area contributed by atoms with Crippen LogP contribution in [0.15, 0.2) is 81.7 Å². The van der Waals surface area contributed by atoms with Gasteiger partial charge in [0, 0.05) is 0 Å². The third-order valence-electron chi connectivity index (χ3n) is 5.28. The molecule has 168 valence electrons. The van der Waals surface area contributed by atoms with Crippen molar-refractivity contribution in [3.8, 4) is 5.75 Å². The maximum Gasteiger partial charge on any atom is 0.338 e. The van der Waals surface area contributed by atoms with Crippen molar-refractivity contribution in [3.05, 3.63) is 103 Å². The van der Waals surface area contributed by atoms with Gasteiger partial charge < -0.3 is 9.47 Å². The fraction of sp³-hybridized carbons (Fsp3) is 0.192. The number of carbonyl (C=O) groups excluding carboxylic acids is 1. The summed E-state index contributed by atoms with van der Waals surface area (Å²) < 4.78 is 12.7. The van der Waals surface area contributed by atoms with Crippen molar-refractivity contribution in [2.45, 2.75) is 19.9 Å². The maximum atomic E-state index is 13.4. The van der Waals surface area contributed by atoms with Crippen molar-refractivity contribution in [2.24, 2.45) is 4.99 Å². The van der Waals surface area contributed by atoms with E-state index in [4.69, 9.17) is 9.47 Å². The van der Waals surface area contributed by atoms with E-state index < -0.39 is 12.0 Å². The molecule has 2 aromatic carbocycles. The summed E-state index contributed by atoms with van der Waals surface area (Å²) in [6.07, 6.45) is 5.57. The van der Waals surface area contributed by atoms with E-state index in [9.17, 15) is 9.59 Å². The van der Waals surface area contributed by atoms with Gasteiger partial charge in [-0.1, -0.05) is 66.0 Å². The van der Waals surface area contributed by atoms with Crippen LogP contribution in [0.4, 0.5) is 0 Å². The Kier molecular flexibility index (Phi) is 6.70. The molecule has 1 aromatic heterocycles. The SMILES string of the molecule is CCOC(=O)C1=C(C)N=c2sc(=C/C=C/c3ccccc3)c(=O)n2[C@H]1c1ccc(OC)cc1. The van der Waals surface area contributed by atoms with Crippen LogP contribution in [0.25, 0.3) is 12.2 Å². The van der Waals surface area contributed by atoms with E-state index in [1.54, 1.807) is 31.6 Å². The largest absolute Gasteiger partial charge is 0.497 e. The van der Waals surface area contributed by atoms with Gasteiger partial charge in [-0.05, 0) is 43.2 Å². The molecular weight excluding hydrogens is 436 g/mol. The smallest absolute Gasteiger partial charge is 0.338 e. The molecule has 0 saturated carbocycles. The van der Waals surface area contributed by atoms with Gasteiger partial charge in [-0.3, -0.25) is 9.36 Å². The van der Waals surface area contributed by atoms with Gasteiger partial charge >= 0.3 is 5.97 Å². The molecule has 0 amide bonds. The molecule has 1 atom stereocenters. The highest BCUT2D eigenvalue weighted by Gasteiger charge is 2.33. The number of benzene rings is 2. The molecule has 0 N–H and O–H groups in total. The Balaban J connectivity index is 1.85. The summed E-state index contributed by atoms with van der Waals surface area (Å²) in [6, 6.07) is 16.6. The molecule has 6 nitrogen and oxygen atoms in total. The predicted octanol–water partition coefficient (Wildman–Crippen LogP) is 3.47. The number of ether oxygens (including phenoxy) is 2. The van der Waals surface area contributed by atoms with Gasteiger partial charge in [0.2, 0.25) is 0 Å². The molecule has 0 unspecified atom stereocenters. The standard InChI is InChI=1S/C26H24N2O4S/c1-4-32-25(30)22-17(2)27-26-28(23(22)19-13-15-20(31-3)16-14-19)24(29)21(33-26)12-8-11-18-9-6-5-7-10-18/h5-16,23H,4H2,1-3H3/b11-8+,21-12?/t23-/m0/s1. The number of carbonyl (C=O) groups is 1. The topological polar surface area (TPSA) is 69.9 Å². The molecule has 0 spiro atoms. The molecule has 0 saturated heterocycles. The third-order valence-corrected chi connectivity index (χ3v) is 6.29. The normalized spacial score (nSPS) is 16.0. The molecule has 0 fully saturated rings. The predicted molar refractivity (Wildman–Crippen MR) is 130 cm³/mol. The highest BCUT2D eigenvalue weighted by Crippen LogP contribution is 2.31. The first-order valence-electron chi connectivity index (χ1n) is 10.6. The lowest BCUT2D eigenvalue weighted by Crippen LogP contribution is -2.39. The average molecular weight is 461 g/mol. The Labute approximate surface area is 195 Å². The molecule has 0 aliphatic carbocycles. The van der Waals surface area contributed by atoms with Crippen LogP contribution in [-0.4, -0.2) is 24.3 Å². The Morgan fingerprint density at radius 2 is 1.88 bits per heavy atom. The van der Waals surface area contributed by atoms with Crippen molar-refractivity contribution in [1.82, 2.24) is 4.57 Å². The first-order valence-corrected chi connectivity index (χ1v) is 11.4. The third kappa shape index (κ3) is 4.59. The summed E-state index contributed by atoms with van der Waals surface area (Å²) in [5, 5.41) is 0. The van der Waals surface area contributed by atoms with Crippen molar-refractivity contribution in [2.75, 3.05) is 13.7 Å². The lowest BCUT2D eigenvalue weighted by Gasteiger charge is -2.24. The fourth-order valence-corrected chi connectivity index (χ4v) is 4.72. The first kappa shape index (κ1) is 22.5. The molecule has 0 bridgehead atoms. The lowest BCUT2D eigenvalue weighted by molar-refractivity contribution is -0.139. The number of methoxy groups -OCH3 is 1. The zero-order valence-corrected chi connectivity index (χ0v) is 19.5. The van der Waals surface area contributed by atoms with Crippen LogP contribution in [0.2, 0.25) is 0 Å².